The van der Waals surface area contributed by atoms with E-state index in [1.54, 1.807) is 0 Å². The number of nitrogens with one attached hydrogen (secondary N) is 1. The quantitative estimate of drug-likeness (QED) is 0.670. The van der Waals surface area contributed by atoms with E-state index in [2.05, 4.69) is 5.32 Å². The molecule has 4 heteroatoms. The number of amides is 1. The number of hydrogen-bond donors (Lipinski definition) is 3. The average Bonchev–Trinajstić information content (AvgIpc) is 2.14. The van der Waals surface area contributed by atoms with Gasteiger partial charge in [0.2, 0.25) is 5.91 Å². The Labute approximate surface area is 97.6 Å². The molecule has 0 saturated heterocycles. The van der Waals surface area contributed by atoms with Crippen molar-refractivity contribution < 1.29 is 9.90 Å². The third kappa shape index (κ3) is 4.94. The molecule has 0 unspecified atom stereocenters. The number of hydrogen-bond acceptors (Lipinski definition) is 3. The van der Waals surface area contributed by atoms with Crippen molar-refractivity contribution in [2.45, 2.75) is 63.5 Å². The summed E-state index contributed by atoms with van der Waals surface area (Å²) in [6.45, 7) is 4.01. The van der Waals surface area contributed by atoms with Crippen LogP contribution in [0, 0.1) is 0 Å². The molecular formula is C12H24N2O2. The summed E-state index contributed by atoms with van der Waals surface area (Å²) in [5.41, 5.74) is 4.58. The Morgan fingerprint density at radius 2 is 1.94 bits per heavy atom. The Bertz CT molecular complexity index is 240. The summed E-state index contributed by atoms with van der Waals surface area (Å²) in [7, 11) is 0. The first-order chi connectivity index (χ1) is 7.31. The number of rotatable bonds is 4. The zero-order valence-electron chi connectivity index (χ0n) is 10.4. The first-order valence-corrected chi connectivity index (χ1v) is 6.09. The maximum absolute atomic E-state index is 11.5. The van der Waals surface area contributed by atoms with Gasteiger partial charge in [-0.15, -0.1) is 0 Å². The van der Waals surface area contributed by atoms with Gasteiger partial charge in [-0.2, -0.15) is 0 Å². The molecule has 0 bridgehead atoms. The average molecular weight is 228 g/mol. The van der Waals surface area contributed by atoms with Crippen LogP contribution in [0.1, 0.15) is 52.4 Å². The molecule has 0 aromatic rings. The van der Waals surface area contributed by atoms with Crippen molar-refractivity contribution in [1.82, 2.24) is 5.32 Å². The van der Waals surface area contributed by atoms with E-state index in [4.69, 9.17) is 5.73 Å². The van der Waals surface area contributed by atoms with Crippen LogP contribution in [-0.2, 0) is 4.79 Å². The molecule has 0 atom stereocenters. The van der Waals surface area contributed by atoms with E-state index in [0.29, 0.717) is 13.0 Å². The Morgan fingerprint density at radius 1 is 1.38 bits per heavy atom. The van der Waals surface area contributed by atoms with Crippen molar-refractivity contribution in [3.05, 3.63) is 0 Å². The molecule has 0 radical (unpaired) electrons. The molecule has 1 aliphatic carbocycles. The lowest BCUT2D eigenvalue weighted by atomic mass is 9.85. The van der Waals surface area contributed by atoms with E-state index < -0.39 is 11.1 Å². The van der Waals surface area contributed by atoms with Gasteiger partial charge in [0, 0.05) is 18.5 Å². The van der Waals surface area contributed by atoms with Gasteiger partial charge in [-0.25, -0.2) is 0 Å². The molecule has 0 heterocycles. The summed E-state index contributed by atoms with van der Waals surface area (Å²) < 4.78 is 0. The highest BCUT2D eigenvalue weighted by Gasteiger charge is 2.29. The predicted molar refractivity (Wildman–Crippen MR) is 63.9 cm³/mol. The predicted octanol–water partition coefficient (Wildman–Crippen LogP) is 0.925. The summed E-state index contributed by atoms with van der Waals surface area (Å²) in [4.78, 5) is 11.5. The second-order valence-electron chi connectivity index (χ2n) is 5.73. The molecule has 1 aliphatic rings. The van der Waals surface area contributed by atoms with Crippen LogP contribution >= 0.6 is 0 Å². The minimum atomic E-state index is -0.688. The number of carbonyl (C=O) groups excluding carboxylic acids is 1. The minimum absolute atomic E-state index is 0.0773. The Morgan fingerprint density at radius 3 is 2.44 bits per heavy atom. The smallest absolute Gasteiger partial charge is 0.221 e. The van der Waals surface area contributed by atoms with Crippen molar-refractivity contribution in [2.24, 2.45) is 5.73 Å². The Hall–Kier alpha value is -0.610. The molecule has 1 rings (SSSR count). The van der Waals surface area contributed by atoms with Gasteiger partial charge < -0.3 is 16.2 Å². The molecule has 16 heavy (non-hydrogen) atoms. The van der Waals surface area contributed by atoms with Gasteiger partial charge in [0.05, 0.1) is 5.60 Å². The minimum Gasteiger partial charge on any atom is -0.388 e. The van der Waals surface area contributed by atoms with Crippen LogP contribution in [0.5, 0.6) is 0 Å². The summed E-state index contributed by atoms with van der Waals surface area (Å²) >= 11 is 0. The second kappa shape index (κ2) is 5.15. The molecule has 0 aromatic heterocycles. The fourth-order valence-electron chi connectivity index (χ4n) is 2.13. The molecule has 1 amide bonds. The fraction of sp³-hybridized carbons (Fsp3) is 0.917. The third-order valence-electron chi connectivity index (χ3n) is 3.02. The first-order valence-electron chi connectivity index (χ1n) is 6.09. The summed E-state index contributed by atoms with van der Waals surface area (Å²) in [5.74, 6) is -0.0773. The van der Waals surface area contributed by atoms with Crippen LogP contribution < -0.4 is 11.1 Å². The zero-order chi connectivity index (χ0) is 12.2. The lowest BCUT2D eigenvalue weighted by Gasteiger charge is -2.32. The van der Waals surface area contributed by atoms with Gasteiger partial charge >= 0.3 is 0 Å². The summed E-state index contributed by atoms with van der Waals surface area (Å²) in [5, 5.41) is 13.0. The highest BCUT2D eigenvalue weighted by atomic mass is 16.3. The largest absolute Gasteiger partial charge is 0.388 e. The van der Waals surface area contributed by atoms with Crippen LogP contribution in [0.15, 0.2) is 0 Å². The summed E-state index contributed by atoms with van der Waals surface area (Å²) in [6, 6.07) is 0. The highest BCUT2D eigenvalue weighted by Crippen LogP contribution is 2.27. The van der Waals surface area contributed by atoms with Crippen LogP contribution in [0.4, 0.5) is 0 Å². The van der Waals surface area contributed by atoms with Crippen LogP contribution in [0.25, 0.3) is 0 Å². The molecular weight excluding hydrogens is 204 g/mol. The lowest BCUT2D eigenvalue weighted by Crippen LogP contribution is -2.46. The van der Waals surface area contributed by atoms with Crippen molar-refractivity contribution in [3.8, 4) is 0 Å². The Balaban J connectivity index is 2.30. The van der Waals surface area contributed by atoms with Crippen molar-refractivity contribution >= 4 is 5.91 Å². The van der Waals surface area contributed by atoms with E-state index in [1.807, 2.05) is 13.8 Å². The van der Waals surface area contributed by atoms with Crippen LogP contribution in [0.2, 0.25) is 0 Å². The molecule has 1 saturated carbocycles. The zero-order valence-corrected chi connectivity index (χ0v) is 10.4. The summed E-state index contributed by atoms with van der Waals surface area (Å²) in [6.07, 6.45) is 5.16. The van der Waals surface area contributed by atoms with Gasteiger partial charge in [0.1, 0.15) is 0 Å². The molecule has 1 fully saturated rings. The van der Waals surface area contributed by atoms with Gasteiger partial charge in [-0.1, -0.05) is 19.3 Å². The molecule has 0 spiro atoms. The molecule has 0 aromatic carbocycles. The van der Waals surface area contributed by atoms with Gasteiger partial charge in [0.15, 0.2) is 0 Å². The fourth-order valence-corrected chi connectivity index (χ4v) is 2.13. The van der Waals surface area contributed by atoms with Crippen molar-refractivity contribution in [2.75, 3.05) is 6.54 Å². The topological polar surface area (TPSA) is 75.4 Å². The highest BCUT2D eigenvalue weighted by molar-refractivity contribution is 5.77. The standard InChI is InChI=1S/C12H24N2O2/c1-11(2,13)8-10(15)14-9-12(16)6-4-3-5-7-12/h16H,3-9,13H2,1-2H3,(H,14,15). The first kappa shape index (κ1) is 13.5. The van der Waals surface area contributed by atoms with E-state index in [-0.39, 0.29) is 5.91 Å². The Kier molecular flexibility index (Phi) is 4.33. The second-order valence-corrected chi connectivity index (χ2v) is 5.73. The molecule has 0 aliphatic heterocycles. The normalized spacial score (nSPS) is 20.5. The van der Waals surface area contributed by atoms with E-state index >= 15 is 0 Å². The van der Waals surface area contributed by atoms with Crippen LogP contribution in [0.3, 0.4) is 0 Å². The van der Waals surface area contributed by atoms with Crippen molar-refractivity contribution in [3.63, 3.8) is 0 Å². The molecule has 4 nitrogen and oxygen atoms in total. The van der Waals surface area contributed by atoms with Gasteiger partial charge in [-0.3, -0.25) is 4.79 Å². The third-order valence-corrected chi connectivity index (χ3v) is 3.02. The van der Waals surface area contributed by atoms with E-state index in [1.165, 1.54) is 6.42 Å². The molecule has 94 valence electrons. The lowest BCUT2D eigenvalue weighted by molar-refractivity contribution is -0.123. The monoisotopic (exact) mass is 228 g/mol. The van der Waals surface area contributed by atoms with Crippen LogP contribution in [-0.4, -0.2) is 28.7 Å². The number of carbonyl (C=O) groups is 1. The number of aliphatic hydroxyl groups is 1. The maximum Gasteiger partial charge on any atom is 0.221 e. The van der Waals surface area contributed by atoms with E-state index in [0.717, 1.165) is 25.7 Å². The SMILES string of the molecule is CC(C)(N)CC(=O)NCC1(O)CCCCC1. The molecule has 4 N–H and O–H groups in total. The van der Waals surface area contributed by atoms with Gasteiger partial charge in [-0.05, 0) is 26.7 Å². The number of nitrogens with two attached hydrogens (primary N) is 1. The maximum atomic E-state index is 11.5. The van der Waals surface area contributed by atoms with Crippen molar-refractivity contribution in [1.29, 1.82) is 0 Å². The van der Waals surface area contributed by atoms with Gasteiger partial charge in [0.25, 0.3) is 0 Å². The van der Waals surface area contributed by atoms with E-state index in [9.17, 15) is 9.90 Å².